The van der Waals surface area contributed by atoms with Crippen LogP contribution in [0.1, 0.15) is 6.42 Å². The lowest BCUT2D eigenvalue weighted by Gasteiger charge is -2.40. The van der Waals surface area contributed by atoms with Crippen LogP contribution in [-0.2, 0) is 9.47 Å². The second-order valence-electron chi connectivity index (χ2n) is 4.66. The van der Waals surface area contributed by atoms with E-state index in [2.05, 4.69) is 0 Å². The van der Waals surface area contributed by atoms with Crippen molar-refractivity contribution in [1.29, 1.82) is 0 Å². The number of nitro groups is 1. The van der Waals surface area contributed by atoms with E-state index >= 15 is 0 Å². The Labute approximate surface area is 120 Å². The van der Waals surface area contributed by atoms with Gasteiger partial charge in [0.2, 0.25) is 5.82 Å². The smallest absolute Gasteiger partial charge is 0.305 e. The van der Waals surface area contributed by atoms with Gasteiger partial charge < -0.3 is 19.3 Å². The minimum atomic E-state index is -0.964. The minimum absolute atomic E-state index is 0.162. The molecule has 0 bridgehead atoms. The van der Waals surface area contributed by atoms with Gasteiger partial charge >= 0.3 is 5.69 Å². The molecule has 1 aromatic carbocycles. The molecule has 0 heterocycles. The predicted molar refractivity (Wildman–Crippen MR) is 69.7 cm³/mol. The molecule has 7 nitrogen and oxygen atoms in total. The Morgan fingerprint density at radius 1 is 1.48 bits per heavy atom. The van der Waals surface area contributed by atoms with Crippen molar-refractivity contribution < 1.29 is 28.6 Å². The molecular weight excluding hydrogens is 285 g/mol. The van der Waals surface area contributed by atoms with E-state index in [0.717, 1.165) is 12.1 Å². The molecule has 1 saturated carbocycles. The number of hydrogen-bond acceptors (Lipinski definition) is 6. The molecule has 1 aliphatic carbocycles. The molecule has 0 saturated heterocycles. The van der Waals surface area contributed by atoms with E-state index in [0.29, 0.717) is 19.6 Å². The van der Waals surface area contributed by atoms with Crippen molar-refractivity contribution in [2.45, 2.75) is 24.7 Å². The van der Waals surface area contributed by atoms with Gasteiger partial charge in [0.25, 0.3) is 0 Å². The van der Waals surface area contributed by atoms with E-state index in [1.54, 1.807) is 0 Å². The number of halogens is 1. The molecule has 116 valence electrons. The van der Waals surface area contributed by atoms with Gasteiger partial charge in [0, 0.05) is 25.7 Å². The van der Waals surface area contributed by atoms with Crippen LogP contribution in [-0.4, -0.2) is 48.7 Å². The molecular formula is C13H16FNO6. The number of nitro benzene ring substituents is 1. The number of nitrogens with zero attached hydrogens (tertiary/aromatic N) is 1. The molecule has 0 radical (unpaired) electrons. The van der Waals surface area contributed by atoms with Gasteiger partial charge in [-0.25, -0.2) is 0 Å². The standard InChI is InChI=1S/C13H16FNO6/c1-19-4-5-20-13-11(16)7-12(13)21-8-2-3-10(15(17)18)9(14)6-8/h2-3,6,11-13,16H,4-5,7H2,1H3. The fourth-order valence-corrected chi connectivity index (χ4v) is 2.04. The summed E-state index contributed by atoms with van der Waals surface area (Å²) in [6.07, 6.45) is -1.22. The number of ether oxygens (including phenoxy) is 3. The molecule has 0 spiro atoms. The zero-order valence-corrected chi connectivity index (χ0v) is 11.4. The Hall–Kier alpha value is -1.77. The average Bonchev–Trinajstić information content (AvgIpc) is 2.42. The van der Waals surface area contributed by atoms with Crippen LogP contribution in [0.5, 0.6) is 5.75 Å². The Kier molecular flexibility index (Phi) is 5.05. The van der Waals surface area contributed by atoms with Gasteiger partial charge in [-0.05, 0) is 6.07 Å². The summed E-state index contributed by atoms with van der Waals surface area (Å²) in [6.45, 7) is 0.703. The van der Waals surface area contributed by atoms with Crippen LogP contribution in [0.2, 0.25) is 0 Å². The molecule has 3 atom stereocenters. The van der Waals surface area contributed by atoms with Gasteiger partial charge in [-0.3, -0.25) is 10.1 Å². The van der Waals surface area contributed by atoms with Crippen LogP contribution in [0, 0.1) is 15.9 Å². The zero-order valence-electron chi connectivity index (χ0n) is 11.4. The van der Waals surface area contributed by atoms with Crippen molar-refractivity contribution in [2.75, 3.05) is 20.3 Å². The second kappa shape index (κ2) is 6.79. The van der Waals surface area contributed by atoms with Crippen molar-refractivity contribution in [2.24, 2.45) is 0 Å². The molecule has 3 unspecified atom stereocenters. The predicted octanol–water partition coefficient (Wildman–Crippen LogP) is 1.28. The van der Waals surface area contributed by atoms with Crippen molar-refractivity contribution in [3.8, 4) is 5.75 Å². The first-order valence-corrected chi connectivity index (χ1v) is 6.42. The molecule has 0 amide bonds. The number of methoxy groups -OCH3 is 1. The van der Waals surface area contributed by atoms with E-state index < -0.39 is 34.7 Å². The fraction of sp³-hybridized carbons (Fsp3) is 0.538. The third-order valence-electron chi connectivity index (χ3n) is 3.22. The van der Waals surface area contributed by atoms with Crippen molar-refractivity contribution >= 4 is 5.69 Å². The van der Waals surface area contributed by atoms with Crippen molar-refractivity contribution in [3.05, 3.63) is 34.1 Å². The van der Waals surface area contributed by atoms with Gasteiger partial charge in [-0.2, -0.15) is 4.39 Å². The molecule has 2 rings (SSSR count). The third kappa shape index (κ3) is 3.66. The van der Waals surface area contributed by atoms with Crippen molar-refractivity contribution in [1.82, 2.24) is 0 Å². The fourth-order valence-electron chi connectivity index (χ4n) is 2.04. The quantitative estimate of drug-likeness (QED) is 0.463. The topological polar surface area (TPSA) is 91.1 Å². The lowest BCUT2D eigenvalue weighted by molar-refractivity contribution is -0.387. The molecule has 0 aliphatic heterocycles. The molecule has 8 heteroatoms. The van der Waals surface area contributed by atoms with E-state index in [1.807, 2.05) is 0 Å². The lowest BCUT2D eigenvalue weighted by atomic mass is 9.88. The molecule has 1 N–H and O–H groups in total. The second-order valence-corrected chi connectivity index (χ2v) is 4.66. The third-order valence-corrected chi connectivity index (χ3v) is 3.22. The molecule has 0 aromatic heterocycles. The van der Waals surface area contributed by atoms with Gasteiger partial charge in [0.15, 0.2) is 0 Å². The number of benzene rings is 1. The first-order valence-electron chi connectivity index (χ1n) is 6.42. The SMILES string of the molecule is COCCOC1C(O)CC1Oc1ccc([N+](=O)[O-])c(F)c1. The minimum Gasteiger partial charge on any atom is -0.487 e. The largest absolute Gasteiger partial charge is 0.487 e. The molecule has 1 fully saturated rings. The number of aliphatic hydroxyl groups is 1. The van der Waals surface area contributed by atoms with Crippen LogP contribution in [0.15, 0.2) is 18.2 Å². The first kappa shape index (κ1) is 15.6. The van der Waals surface area contributed by atoms with Crippen LogP contribution in [0.4, 0.5) is 10.1 Å². The highest BCUT2D eigenvalue weighted by atomic mass is 19.1. The zero-order chi connectivity index (χ0) is 15.4. The van der Waals surface area contributed by atoms with E-state index in [1.165, 1.54) is 13.2 Å². The Morgan fingerprint density at radius 3 is 2.81 bits per heavy atom. The summed E-state index contributed by atoms with van der Waals surface area (Å²) in [5.74, 6) is -0.801. The number of aliphatic hydroxyl groups excluding tert-OH is 1. The summed E-state index contributed by atoms with van der Waals surface area (Å²) in [5, 5.41) is 20.1. The summed E-state index contributed by atoms with van der Waals surface area (Å²) in [6, 6.07) is 3.31. The number of hydrogen-bond donors (Lipinski definition) is 1. The Balaban J connectivity index is 1.95. The Bertz CT molecular complexity index is 511. The monoisotopic (exact) mass is 301 g/mol. The highest BCUT2D eigenvalue weighted by molar-refractivity contribution is 5.38. The van der Waals surface area contributed by atoms with Gasteiger partial charge in [0.1, 0.15) is 18.0 Å². The van der Waals surface area contributed by atoms with Crippen LogP contribution in [0.25, 0.3) is 0 Å². The van der Waals surface area contributed by atoms with Crippen molar-refractivity contribution in [3.63, 3.8) is 0 Å². The summed E-state index contributed by atoms with van der Waals surface area (Å²) in [5.41, 5.74) is -0.608. The normalized spacial score (nSPS) is 24.4. The van der Waals surface area contributed by atoms with Crippen LogP contribution in [0.3, 0.4) is 0 Å². The average molecular weight is 301 g/mol. The summed E-state index contributed by atoms with van der Waals surface area (Å²) < 4.78 is 29.2. The van der Waals surface area contributed by atoms with Gasteiger partial charge in [-0.15, -0.1) is 0 Å². The summed E-state index contributed by atoms with van der Waals surface area (Å²) >= 11 is 0. The van der Waals surface area contributed by atoms with E-state index in [4.69, 9.17) is 14.2 Å². The maximum absolute atomic E-state index is 13.5. The maximum Gasteiger partial charge on any atom is 0.305 e. The van der Waals surface area contributed by atoms with Crippen LogP contribution >= 0.6 is 0 Å². The first-order chi connectivity index (χ1) is 10.0. The molecule has 1 aliphatic rings. The summed E-state index contributed by atoms with van der Waals surface area (Å²) in [4.78, 5) is 9.72. The molecule has 21 heavy (non-hydrogen) atoms. The highest BCUT2D eigenvalue weighted by Crippen LogP contribution is 2.30. The van der Waals surface area contributed by atoms with Crippen LogP contribution < -0.4 is 4.74 Å². The lowest BCUT2D eigenvalue weighted by Crippen LogP contribution is -2.55. The summed E-state index contributed by atoms with van der Waals surface area (Å²) in [7, 11) is 1.54. The number of rotatable bonds is 7. The maximum atomic E-state index is 13.5. The van der Waals surface area contributed by atoms with Gasteiger partial charge in [-0.1, -0.05) is 0 Å². The van der Waals surface area contributed by atoms with E-state index in [-0.39, 0.29) is 5.75 Å². The van der Waals surface area contributed by atoms with E-state index in [9.17, 15) is 19.6 Å². The highest BCUT2D eigenvalue weighted by Gasteiger charge is 2.43. The Morgan fingerprint density at radius 2 is 2.24 bits per heavy atom. The molecule has 1 aromatic rings. The van der Waals surface area contributed by atoms with Gasteiger partial charge in [0.05, 0.1) is 24.2 Å².